The quantitative estimate of drug-likeness (QED) is 0.131. The van der Waals surface area contributed by atoms with Crippen LogP contribution < -0.4 is 16.2 Å². The minimum atomic E-state index is -0.375. The van der Waals surface area contributed by atoms with E-state index >= 15 is 0 Å². The van der Waals surface area contributed by atoms with E-state index < -0.39 is 0 Å². The van der Waals surface area contributed by atoms with Gasteiger partial charge in [-0.25, -0.2) is 9.59 Å². The van der Waals surface area contributed by atoms with Crippen LogP contribution in [0.4, 0.5) is 5.69 Å². The second-order valence-corrected chi connectivity index (χ2v) is 19.6. The van der Waals surface area contributed by atoms with Gasteiger partial charge in [-0.3, -0.25) is 0 Å². The molecule has 0 unspecified atom stereocenters. The molecule has 5 nitrogen and oxygen atoms in total. The predicted octanol–water partition coefficient (Wildman–Crippen LogP) is 14.8. The Morgan fingerprint density at radius 3 is 1.35 bits per heavy atom. The van der Waals surface area contributed by atoms with Crippen LogP contribution in [0.2, 0.25) is 0 Å². The molecule has 0 aliphatic carbocycles. The smallest absolute Gasteiger partial charge is 0.344 e. The molecular weight excluding hydrogens is 799 g/mol. The van der Waals surface area contributed by atoms with E-state index in [1.807, 2.05) is 42.5 Å². The number of hydrogen-bond donors (Lipinski definition) is 0. The van der Waals surface area contributed by atoms with Crippen LogP contribution in [0.15, 0.2) is 170 Å². The first kappa shape index (κ1) is 38.0. The zero-order valence-corrected chi connectivity index (χ0v) is 36.8. The molecule has 0 spiro atoms. The minimum Gasteiger partial charge on any atom is -0.422 e. The number of rotatable bonds is 3. The Morgan fingerprint density at radius 1 is 0.431 bits per heavy atom. The Hall–Kier alpha value is -7.50. The summed E-state index contributed by atoms with van der Waals surface area (Å²) in [4.78, 5) is 31.6. The van der Waals surface area contributed by atoms with Gasteiger partial charge in [0, 0.05) is 46.2 Å². The van der Waals surface area contributed by atoms with Gasteiger partial charge in [-0.2, -0.15) is 0 Å². The summed E-state index contributed by atoms with van der Waals surface area (Å²) in [6.07, 6.45) is 2.07. The number of benzene rings is 9. The normalized spacial score (nSPS) is 15.5. The fourth-order valence-electron chi connectivity index (χ4n) is 11.7. The molecule has 0 fully saturated rings. The van der Waals surface area contributed by atoms with E-state index in [0.29, 0.717) is 22.3 Å². The van der Waals surface area contributed by atoms with Gasteiger partial charge in [0.05, 0.1) is 11.1 Å². The lowest BCUT2D eigenvalue weighted by Gasteiger charge is -2.48. The van der Waals surface area contributed by atoms with Crippen LogP contribution in [0.1, 0.15) is 51.7 Å². The van der Waals surface area contributed by atoms with Crippen LogP contribution in [0.25, 0.3) is 109 Å². The highest BCUT2D eigenvalue weighted by molar-refractivity contribution is 6.30. The summed E-state index contributed by atoms with van der Waals surface area (Å²) in [7, 11) is 0. The van der Waals surface area contributed by atoms with E-state index in [9.17, 15) is 9.59 Å². The highest BCUT2D eigenvalue weighted by atomic mass is 16.4. The van der Waals surface area contributed by atoms with E-state index in [2.05, 4.69) is 142 Å². The van der Waals surface area contributed by atoms with Gasteiger partial charge in [0.25, 0.3) is 0 Å². The topological polar surface area (TPSA) is 63.7 Å². The molecule has 0 amide bonds. The summed E-state index contributed by atoms with van der Waals surface area (Å²) in [6.45, 7) is 11.3. The summed E-state index contributed by atoms with van der Waals surface area (Å²) >= 11 is 0. The van der Waals surface area contributed by atoms with Crippen LogP contribution in [0, 0.1) is 0 Å². The Balaban J connectivity index is 1.11. The first-order valence-electron chi connectivity index (χ1n) is 22.8. The zero-order chi connectivity index (χ0) is 43.9. The van der Waals surface area contributed by atoms with Crippen molar-refractivity contribution in [3.8, 4) is 33.4 Å². The monoisotopic (exact) mass is 843 g/mol. The maximum absolute atomic E-state index is 14.8. The molecule has 13 rings (SSSR count). The van der Waals surface area contributed by atoms with Crippen molar-refractivity contribution in [2.24, 2.45) is 0 Å². The molecule has 2 aliphatic rings. The Labute approximate surface area is 375 Å². The van der Waals surface area contributed by atoms with Crippen molar-refractivity contribution in [2.45, 2.75) is 51.4 Å². The largest absolute Gasteiger partial charge is 0.422 e. The molecule has 9 aromatic carbocycles. The van der Waals surface area contributed by atoms with Gasteiger partial charge in [0.2, 0.25) is 0 Å². The lowest BCUT2D eigenvalue weighted by Crippen LogP contribution is -2.44. The molecule has 2 aromatic heterocycles. The minimum absolute atomic E-state index is 0.0200. The fraction of sp³-hybridized carbons (Fsp3) is 0.167. The van der Waals surface area contributed by atoms with Crippen LogP contribution in [-0.2, 0) is 10.8 Å². The zero-order valence-electron chi connectivity index (χ0n) is 36.8. The molecule has 0 saturated heterocycles. The van der Waals surface area contributed by atoms with Gasteiger partial charge < -0.3 is 13.7 Å². The second-order valence-electron chi connectivity index (χ2n) is 19.6. The molecule has 65 heavy (non-hydrogen) atoms. The SMILES string of the molecule is CC1(C)CCN2CCC(C)(C)c3c2c1cc1cc(-c2c4ccccc4c(-c4c5ccccc5c(-c5cc6cc7ccccc7cc6oc5=O)c5ccccc45)c4ccccc24)c(=O)oc31. The Kier molecular flexibility index (Phi) is 7.90. The van der Waals surface area contributed by atoms with Crippen molar-refractivity contribution in [1.82, 2.24) is 0 Å². The fourth-order valence-corrected chi connectivity index (χ4v) is 11.7. The standard InChI is InChI=1S/C60H45NO4/c1-59(2)25-27-61-28-26-60(3,4)54-55(61)48(59)32-37-31-47(58(63)65-56(37)54)51-40-19-9-13-23-44(40)53(45-24-14-10-20-41(45)51)52-42-21-11-7-17-38(42)50(39-18-8-12-22-43(39)52)46-30-36-29-34-15-5-6-16-35(34)33-49(36)64-57(46)62/h5-24,29-33H,25-28H2,1-4H3. The maximum atomic E-state index is 14.8. The summed E-state index contributed by atoms with van der Waals surface area (Å²) in [6, 6.07) is 52.4. The molecule has 314 valence electrons. The third-order valence-electron chi connectivity index (χ3n) is 15.0. The summed E-state index contributed by atoms with van der Waals surface area (Å²) in [5.74, 6) is 0. The Morgan fingerprint density at radius 2 is 0.846 bits per heavy atom. The molecule has 0 atom stereocenters. The molecule has 5 heteroatoms. The van der Waals surface area contributed by atoms with Gasteiger partial charge >= 0.3 is 11.3 Å². The van der Waals surface area contributed by atoms with E-state index in [0.717, 1.165) is 118 Å². The number of fused-ring (bicyclic) bond motifs is 8. The highest BCUT2D eigenvalue weighted by Crippen LogP contribution is 2.53. The summed E-state index contributed by atoms with van der Waals surface area (Å²) < 4.78 is 12.8. The molecule has 2 aliphatic heterocycles. The van der Waals surface area contributed by atoms with Crippen molar-refractivity contribution in [3.05, 3.63) is 184 Å². The number of anilines is 1. The van der Waals surface area contributed by atoms with Crippen molar-refractivity contribution < 1.29 is 8.83 Å². The average Bonchev–Trinajstić information content (AvgIpc) is 3.31. The van der Waals surface area contributed by atoms with E-state index in [4.69, 9.17) is 8.83 Å². The molecule has 0 bridgehead atoms. The predicted molar refractivity (Wildman–Crippen MR) is 270 cm³/mol. The summed E-state index contributed by atoms with van der Waals surface area (Å²) in [5, 5.41) is 11.9. The van der Waals surface area contributed by atoms with Crippen LogP contribution in [0.3, 0.4) is 0 Å². The lowest BCUT2D eigenvalue weighted by atomic mass is 9.69. The average molecular weight is 844 g/mol. The molecule has 0 saturated carbocycles. The van der Waals surface area contributed by atoms with E-state index in [-0.39, 0.29) is 22.1 Å². The maximum Gasteiger partial charge on any atom is 0.344 e. The second kappa shape index (κ2) is 13.5. The highest BCUT2D eigenvalue weighted by Gasteiger charge is 2.42. The van der Waals surface area contributed by atoms with Gasteiger partial charge in [-0.1, -0.05) is 149 Å². The van der Waals surface area contributed by atoms with Crippen molar-refractivity contribution in [1.29, 1.82) is 0 Å². The van der Waals surface area contributed by atoms with Crippen molar-refractivity contribution in [2.75, 3.05) is 18.0 Å². The van der Waals surface area contributed by atoms with Gasteiger partial charge in [-0.05, 0) is 125 Å². The molecule has 0 N–H and O–H groups in total. The van der Waals surface area contributed by atoms with E-state index in [1.165, 1.54) is 11.3 Å². The molecular formula is C60H45NO4. The summed E-state index contributed by atoms with van der Waals surface area (Å²) in [5.41, 5.74) is 9.10. The van der Waals surface area contributed by atoms with Gasteiger partial charge in [0.15, 0.2) is 0 Å². The third-order valence-corrected chi connectivity index (χ3v) is 15.0. The van der Waals surface area contributed by atoms with Crippen LogP contribution >= 0.6 is 0 Å². The first-order valence-corrected chi connectivity index (χ1v) is 22.8. The Bertz CT molecular complexity index is 3900. The molecule has 4 heterocycles. The first-order chi connectivity index (χ1) is 31.6. The van der Waals surface area contributed by atoms with E-state index in [1.54, 1.807) is 0 Å². The number of hydrogen-bond acceptors (Lipinski definition) is 5. The van der Waals surface area contributed by atoms with Crippen LogP contribution in [-0.4, -0.2) is 13.1 Å². The third kappa shape index (κ3) is 5.45. The molecule has 0 radical (unpaired) electrons. The number of nitrogens with zero attached hydrogens (tertiary/aromatic N) is 1. The molecule has 11 aromatic rings. The lowest BCUT2D eigenvalue weighted by molar-refractivity contribution is 0.398. The van der Waals surface area contributed by atoms with Gasteiger partial charge in [0.1, 0.15) is 11.2 Å². The van der Waals surface area contributed by atoms with Crippen molar-refractivity contribution in [3.63, 3.8) is 0 Å². The van der Waals surface area contributed by atoms with Gasteiger partial charge in [-0.15, -0.1) is 0 Å². The van der Waals surface area contributed by atoms with Crippen LogP contribution in [0.5, 0.6) is 0 Å². The van der Waals surface area contributed by atoms with Crippen molar-refractivity contribution >= 4 is 81.5 Å².